The van der Waals surface area contributed by atoms with E-state index in [1.54, 1.807) is 13.8 Å². The lowest BCUT2D eigenvalue weighted by atomic mass is 10.0. The monoisotopic (exact) mass is 487 g/mol. The molecule has 34 heavy (non-hydrogen) atoms. The van der Waals surface area contributed by atoms with Crippen LogP contribution in [0.5, 0.6) is 0 Å². The average molecular weight is 488 g/mol. The predicted molar refractivity (Wildman–Crippen MR) is 126 cm³/mol. The molecule has 0 bridgehead atoms. The molecule has 13 heteroatoms. The Balaban J connectivity index is 5.38. The summed E-state index contributed by atoms with van der Waals surface area (Å²) < 4.78 is 0. The molecule has 0 fully saturated rings. The Morgan fingerprint density at radius 1 is 0.765 bits per heavy atom. The summed E-state index contributed by atoms with van der Waals surface area (Å²) in [4.78, 5) is 60.7. The maximum absolute atomic E-state index is 13.0. The standard InChI is InChI=1S/C21H41N7O6/c1-12(2)17(20(32)27-15(21(33)34)8-4-6-10-23)28-19(31)14(7-3-5-9-22)26-18(30)13(24)11-16(25)29/h12-15,17H,3-11,22-24H2,1-2H3,(H2,25,29)(H,26,30)(H,27,32)(H,28,31)(H,33,34). The number of primary amides is 1. The molecule has 0 spiro atoms. The molecule has 0 aromatic rings. The van der Waals surface area contributed by atoms with E-state index in [-0.39, 0.29) is 25.2 Å². The van der Waals surface area contributed by atoms with Gasteiger partial charge in [-0.2, -0.15) is 0 Å². The van der Waals surface area contributed by atoms with Gasteiger partial charge in [-0.1, -0.05) is 13.8 Å². The second-order valence-corrected chi connectivity index (χ2v) is 8.54. The van der Waals surface area contributed by atoms with Crippen molar-refractivity contribution < 1.29 is 29.1 Å². The lowest BCUT2D eigenvalue weighted by Crippen LogP contribution is -2.58. The van der Waals surface area contributed by atoms with E-state index in [1.807, 2.05) is 0 Å². The van der Waals surface area contributed by atoms with E-state index in [9.17, 15) is 29.1 Å². The first-order chi connectivity index (χ1) is 15.9. The highest BCUT2D eigenvalue weighted by Crippen LogP contribution is 2.08. The first kappa shape index (κ1) is 31.2. The van der Waals surface area contributed by atoms with Crippen molar-refractivity contribution in [1.82, 2.24) is 16.0 Å². The normalized spacial score (nSPS) is 14.5. The summed E-state index contributed by atoms with van der Waals surface area (Å²) in [5, 5.41) is 17.0. The van der Waals surface area contributed by atoms with Crippen molar-refractivity contribution in [3.8, 4) is 0 Å². The Morgan fingerprint density at radius 3 is 1.71 bits per heavy atom. The highest BCUT2D eigenvalue weighted by atomic mass is 16.4. The Hall–Kier alpha value is -2.77. The van der Waals surface area contributed by atoms with E-state index in [0.29, 0.717) is 38.8 Å². The molecule has 0 saturated carbocycles. The Kier molecular flexibility index (Phi) is 15.4. The van der Waals surface area contributed by atoms with E-state index >= 15 is 0 Å². The Morgan fingerprint density at radius 2 is 1.26 bits per heavy atom. The largest absolute Gasteiger partial charge is 0.480 e. The number of carbonyl (C=O) groups excluding carboxylic acids is 4. The number of carbonyl (C=O) groups is 5. The van der Waals surface area contributed by atoms with E-state index < -0.39 is 53.8 Å². The van der Waals surface area contributed by atoms with Crippen molar-refractivity contribution in [3.05, 3.63) is 0 Å². The zero-order valence-electron chi connectivity index (χ0n) is 20.0. The Bertz CT molecular complexity index is 689. The SMILES string of the molecule is CC(C)C(NC(=O)C(CCCCN)NC(=O)C(N)CC(N)=O)C(=O)NC(CCCCN)C(=O)O. The molecule has 0 aliphatic rings. The fourth-order valence-corrected chi connectivity index (χ4v) is 3.15. The molecule has 196 valence electrons. The molecule has 0 heterocycles. The topological polar surface area (TPSA) is 246 Å². The van der Waals surface area contributed by atoms with Gasteiger partial charge in [-0.05, 0) is 57.5 Å². The van der Waals surface area contributed by atoms with Crippen LogP contribution in [0.2, 0.25) is 0 Å². The molecule has 4 unspecified atom stereocenters. The summed E-state index contributed by atoms with van der Waals surface area (Å²) in [5.41, 5.74) is 21.7. The summed E-state index contributed by atoms with van der Waals surface area (Å²) in [5.74, 6) is -4.35. The van der Waals surface area contributed by atoms with Gasteiger partial charge in [-0.3, -0.25) is 19.2 Å². The van der Waals surface area contributed by atoms with Crippen molar-refractivity contribution in [2.75, 3.05) is 13.1 Å². The highest BCUT2D eigenvalue weighted by molar-refractivity contribution is 5.95. The summed E-state index contributed by atoms with van der Waals surface area (Å²) in [6.07, 6.45) is 2.29. The third-order valence-electron chi connectivity index (χ3n) is 5.15. The zero-order chi connectivity index (χ0) is 26.3. The van der Waals surface area contributed by atoms with Crippen LogP contribution in [-0.2, 0) is 24.0 Å². The second-order valence-electron chi connectivity index (χ2n) is 8.54. The molecule has 4 amide bonds. The molecule has 0 rings (SSSR count). The van der Waals surface area contributed by atoms with Gasteiger partial charge in [0.1, 0.15) is 18.1 Å². The third kappa shape index (κ3) is 12.5. The molecule has 0 aromatic carbocycles. The maximum Gasteiger partial charge on any atom is 0.326 e. The average Bonchev–Trinajstić information content (AvgIpc) is 2.74. The van der Waals surface area contributed by atoms with Gasteiger partial charge in [0.25, 0.3) is 0 Å². The summed E-state index contributed by atoms with van der Waals surface area (Å²) in [6.45, 7) is 4.19. The van der Waals surface area contributed by atoms with Gasteiger partial charge in [-0.25, -0.2) is 4.79 Å². The predicted octanol–water partition coefficient (Wildman–Crippen LogP) is -2.36. The first-order valence-corrected chi connectivity index (χ1v) is 11.5. The quantitative estimate of drug-likeness (QED) is 0.0962. The van der Waals surface area contributed by atoms with Crippen LogP contribution in [0.3, 0.4) is 0 Å². The summed E-state index contributed by atoms with van der Waals surface area (Å²) in [7, 11) is 0. The van der Waals surface area contributed by atoms with Crippen LogP contribution in [0.25, 0.3) is 0 Å². The van der Waals surface area contributed by atoms with E-state index in [0.717, 1.165) is 0 Å². The van der Waals surface area contributed by atoms with Gasteiger partial charge in [0.2, 0.25) is 23.6 Å². The number of nitrogens with two attached hydrogens (primary N) is 4. The molecular weight excluding hydrogens is 446 g/mol. The Labute approximate surface area is 200 Å². The van der Waals surface area contributed by atoms with Gasteiger partial charge < -0.3 is 44.0 Å². The number of carboxylic acids is 1. The van der Waals surface area contributed by atoms with Crippen molar-refractivity contribution >= 4 is 29.6 Å². The van der Waals surface area contributed by atoms with E-state index in [4.69, 9.17) is 22.9 Å². The molecule has 13 nitrogen and oxygen atoms in total. The smallest absolute Gasteiger partial charge is 0.326 e. The number of hydrogen-bond acceptors (Lipinski definition) is 8. The number of nitrogens with one attached hydrogen (secondary N) is 3. The highest BCUT2D eigenvalue weighted by Gasteiger charge is 2.31. The minimum absolute atomic E-state index is 0.201. The minimum Gasteiger partial charge on any atom is -0.480 e. The van der Waals surface area contributed by atoms with Crippen LogP contribution < -0.4 is 38.9 Å². The van der Waals surface area contributed by atoms with Crippen molar-refractivity contribution in [2.24, 2.45) is 28.9 Å². The first-order valence-electron chi connectivity index (χ1n) is 11.5. The van der Waals surface area contributed by atoms with E-state index in [1.165, 1.54) is 0 Å². The van der Waals surface area contributed by atoms with Gasteiger partial charge >= 0.3 is 5.97 Å². The number of aliphatic carboxylic acids is 1. The minimum atomic E-state index is -1.23. The molecule has 0 aliphatic carbocycles. The van der Waals surface area contributed by atoms with Gasteiger partial charge in [0.05, 0.1) is 12.5 Å². The number of amides is 4. The van der Waals surface area contributed by atoms with Gasteiger partial charge in [0.15, 0.2) is 0 Å². The van der Waals surface area contributed by atoms with Crippen molar-refractivity contribution in [2.45, 2.75) is 83.0 Å². The molecule has 12 N–H and O–H groups in total. The third-order valence-corrected chi connectivity index (χ3v) is 5.15. The fourth-order valence-electron chi connectivity index (χ4n) is 3.15. The summed E-state index contributed by atoms with van der Waals surface area (Å²) >= 11 is 0. The molecular formula is C21H41N7O6. The van der Waals surface area contributed by atoms with Crippen LogP contribution in [0, 0.1) is 5.92 Å². The van der Waals surface area contributed by atoms with Crippen LogP contribution >= 0.6 is 0 Å². The number of hydrogen-bond donors (Lipinski definition) is 8. The van der Waals surface area contributed by atoms with Gasteiger partial charge in [-0.15, -0.1) is 0 Å². The molecule has 0 aliphatic heterocycles. The number of carboxylic acid groups (broad SMARTS) is 1. The molecule has 0 aromatic heterocycles. The van der Waals surface area contributed by atoms with Crippen molar-refractivity contribution in [3.63, 3.8) is 0 Å². The number of unbranched alkanes of at least 4 members (excludes halogenated alkanes) is 2. The molecule has 4 atom stereocenters. The lowest BCUT2D eigenvalue weighted by Gasteiger charge is -2.27. The van der Waals surface area contributed by atoms with Crippen LogP contribution in [0.1, 0.15) is 58.8 Å². The van der Waals surface area contributed by atoms with Crippen LogP contribution in [0.4, 0.5) is 0 Å². The fraction of sp³-hybridized carbons (Fsp3) is 0.762. The summed E-state index contributed by atoms with van der Waals surface area (Å²) in [6, 6.07) is -4.43. The number of rotatable bonds is 18. The second kappa shape index (κ2) is 16.8. The van der Waals surface area contributed by atoms with Gasteiger partial charge in [0, 0.05) is 0 Å². The van der Waals surface area contributed by atoms with Crippen molar-refractivity contribution in [1.29, 1.82) is 0 Å². The maximum atomic E-state index is 13.0. The zero-order valence-corrected chi connectivity index (χ0v) is 20.0. The van der Waals surface area contributed by atoms with Crippen LogP contribution in [-0.4, -0.2) is 72.0 Å². The van der Waals surface area contributed by atoms with Crippen LogP contribution in [0.15, 0.2) is 0 Å². The lowest BCUT2D eigenvalue weighted by molar-refractivity contribution is -0.142. The van der Waals surface area contributed by atoms with E-state index in [2.05, 4.69) is 16.0 Å². The molecule has 0 saturated heterocycles. The molecule has 0 radical (unpaired) electrons.